The molecule has 222 valence electrons. The van der Waals surface area contributed by atoms with Gasteiger partial charge in [-0.05, 0) is 74.2 Å². The number of methoxy groups -OCH3 is 1. The first-order chi connectivity index (χ1) is 20.5. The number of hydrogen-bond acceptors (Lipinski definition) is 9. The highest BCUT2D eigenvalue weighted by molar-refractivity contribution is 5.93. The molecule has 9 nitrogen and oxygen atoms in total. The number of nitrogens with zero attached hydrogens (tertiary/aromatic N) is 1. The van der Waals surface area contributed by atoms with Crippen LogP contribution in [-0.2, 0) is 30.2 Å². The van der Waals surface area contributed by atoms with Crippen LogP contribution in [0.2, 0.25) is 0 Å². The molecule has 1 unspecified atom stereocenters. The summed E-state index contributed by atoms with van der Waals surface area (Å²) >= 11 is 0. The van der Waals surface area contributed by atoms with Gasteiger partial charge in [0.2, 0.25) is 12.4 Å². The molecular formula is C33H37NO8. The number of cyclic esters (lactones) is 1. The van der Waals surface area contributed by atoms with Crippen LogP contribution in [0.5, 0.6) is 17.2 Å². The summed E-state index contributed by atoms with van der Waals surface area (Å²) in [6, 6.07) is 13.7. The average molecular weight is 576 g/mol. The van der Waals surface area contributed by atoms with Crippen molar-refractivity contribution >= 4 is 11.9 Å². The molecule has 0 spiro atoms. The Morgan fingerprint density at radius 3 is 2.67 bits per heavy atom. The summed E-state index contributed by atoms with van der Waals surface area (Å²) in [4.78, 5) is 28.5. The third kappa shape index (κ3) is 5.45. The molecule has 2 aromatic carbocycles. The Hall–Kier alpha value is -3.98. The van der Waals surface area contributed by atoms with E-state index < -0.39 is 23.6 Å². The van der Waals surface area contributed by atoms with Crippen LogP contribution >= 0.6 is 0 Å². The Kier molecular flexibility index (Phi) is 8.11. The minimum Gasteiger partial charge on any atom is -0.497 e. The maximum Gasteiger partial charge on any atom is 0.352 e. The Bertz CT molecular complexity index is 1360. The first-order valence-corrected chi connectivity index (χ1v) is 14.6. The molecule has 2 aromatic rings. The molecule has 42 heavy (non-hydrogen) atoms. The van der Waals surface area contributed by atoms with E-state index >= 15 is 0 Å². The molecule has 0 radical (unpaired) electrons. The van der Waals surface area contributed by atoms with Crippen LogP contribution in [0.25, 0.3) is 0 Å². The summed E-state index contributed by atoms with van der Waals surface area (Å²) in [5, 5.41) is 0. The van der Waals surface area contributed by atoms with E-state index in [1.165, 1.54) is 0 Å². The van der Waals surface area contributed by atoms with Crippen LogP contribution in [0.3, 0.4) is 0 Å². The normalized spacial score (nSPS) is 25.6. The van der Waals surface area contributed by atoms with Crippen LogP contribution in [0, 0.1) is 0 Å². The monoisotopic (exact) mass is 575 g/mol. The van der Waals surface area contributed by atoms with Gasteiger partial charge < -0.3 is 28.4 Å². The van der Waals surface area contributed by atoms with Gasteiger partial charge in [-0.1, -0.05) is 30.4 Å². The predicted molar refractivity (Wildman–Crippen MR) is 153 cm³/mol. The van der Waals surface area contributed by atoms with Crippen molar-refractivity contribution in [3.05, 3.63) is 77.6 Å². The lowest BCUT2D eigenvalue weighted by Gasteiger charge is -2.41. The van der Waals surface area contributed by atoms with Crippen molar-refractivity contribution in [1.82, 2.24) is 4.90 Å². The predicted octanol–water partition coefficient (Wildman–Crippen LogP) is 4.69. The SMILES string of the molecule is C/C=C(/OC)[C@@H](OC(=O)[C@@]1(C/C=C/COc2ccccc2)CC(=O)O1)[C@H]1c2cc3c(cc2CCN2CCCC12)OCO3. The fraction of sp³-hybridized carbons (Fsp3) is 0.455. The molecule has 4 aliphatic rings. The lowest BCUT2D eigenvalue weighted by Crippen LogP contribution is -2.56. The summed E-state index contributed by atoms with van der Waals surface area (Å²) in [5.74, 6) is 1.53. The first kappa shape index (κ1) is 28.2. The molecule has 4 heterocycles. The van der Waals surface area contributed by atoms with Crippen molar-refractivity contribution in [1.29, 1.82) is 0 Å². The summed E-state index contributed by atoms with van der Waals surface area (Å²) in [6.07, 6.45) is 7.78. The van der Waals surface area contributed by atoms with Gasteiger partial charge in [-0.25, -0.2) is 4.79 Å². The van der Waals surface area contributed by atoms with Gasteiger partial charge >= 0.3 is 11.9 Å². The molecule has 9 heteroatoms. The Balaban J connectivity index is 1.27. The number of esters is 2. The van der Waals surface area contributed by atoms with E-state index in [0.717, 1.165) is 55.0 Å². The molecule has 4 atom stereocenters. The molecular weight excluding hydrogens is 538 g/mol. The molecule has 0 aliphatic carbocycles. The number of para-hydroxylation sites is 1. The van der Waals surface area contributed by atoms with Crippen molar-refractivity contribution in [3.8, 4) is 17.2 Å². The fourth-order valence-corrected chi connectivity index (χ4v) is 6.58. The van der Waals surface area contributed by atoms with Gasteiger partial charge in [-0.15, -0.1) is 0 Å². The van der Waals surface area contributed by atoms with E-state index in [0.29, 0.717) is 18.1 Å². The maximum atomic E-state index is 13.9. The number of rotatable bonds is 10. The Labute approximate surface area is 246 Å². The van der Waals surface area contributed by atoms with E-state index in [9.17, 15) is 9.59 Å². The standard InChI is InChI=1S/C33H37NO8/c1-3-26(37-2)31(30-24-19-28-27(39-21-40-28)18-22(24)13-16-34-15-9-12-25(30)34)41-32(36)33(20-29(35)42-33)14-7-8-17-38-23-10-5-4-6-11-23/h3-8,10-11,18-19,25,30-31H,9,12-17,20-21H2,1-2H3/b8-7+,26-3+/t25?,30-,31+,33+/m0/s1. The average Bonchev–Trinajstić information content (AvgIpc) is 3.62. The van der Waals surface area contributed by atoms with Gasteiger partial charge in [-0.2, -0.15) is 0 Å². The zero-order chi connectivity index (χ0) is 29.1. The quantitative estimate of drug-likeness (QED) is 0.227. The van der Waals surface area contributed by atoms with Crippen molar-refractivity contribution in [3.63, 3.8) is 0 Å². The van der Waals surface area contributed by atoms with Gasteiger partial charge in [0.1, 0.15) is 18.1 Å². The van der Waals surface area contributed by atoms with Crippen molar-refractivity contribution in [2.45, 2.75) is 62.7 Å². The van der Waals surface area contributed by atoms with E-state index in [1.807, 2.05) is 55.5 Å². The topological polar surface area (TPSA) is 92.8 Å². The second-order valence-electron chi connectivity index (χ2n) is 11.1. The summed E-state index contributed by atoms with van der Waals surface area (Å²) in [7, 11) is 1.59. The summed E-state index contributed by atoms with van der Waals surface area (Å²) in [6.45, 7) is 4.28. The van der Waals surface area contributed by atoms with Crippen molar-refractivity contribution < 1.29 is 38.0 Å². The van der Waals surface area contributed by atoms with E-state index in [-0.39, 0.29) is 31.6 Å². The molecule has 6 rings (SSSR count). The third-order valence-electron chi connectivity index (χ3n) is 8.67. The van der Waals surface area contributed by atoms with Gasteiger partial charge in [0, 0.05) is 24.9 Å². The number of carbonyl (C=O) groups excluding carboxylic acids is 2. The molecule has 2 saturated heterocycles. The fourth-order valence-electron chi connectivity index (χ4n) is 6.58. The summed E-state index contributed by atoms with van der Waals surface area (Å²) < 4.78 is 34.9. The third-order valence-corrected chi connectivity index (χ3v) is 8.67. The Morgan fingerprint density at radius 1 is 1.14 bits per heavy atom. The van der Waals surface area contributed by atoms with Gasteiger partial charge in [-0.3, -0.25) is 9.69 Å². The van der Waals surface area contributed by atoms with Crippen LogP contribution in [0.15, 0.2) is 66.5 Å². The molecule has 0 N–H and O–H groups in total. The summed E-state index contributed by atoms with van der Waals surface area (Å²) in [5.41, 5.74) is 0.834. The maximum absolute atomic E-state index is 13.9. The number of allylic oxidation sites excluding steroid dienone is 1. The molecule has 4 aliphatic heterocycles. The van der Waals surface area contributed by atoms with E-state index in [2.05, 4.69) is 11.0 Å². The number of hydrogen-bond donors (Lipinski definition) is 0. The van der Waals surface area contributed by atoms with Crippen LogP contribution in [0.4, 0.5) is 0 Å². The lowest BCUT2D eigenvalue weighted by molar-refractivity contribution is -0.210. The molecule has 0 bridgehead atoms. The van der Waals surface area contributed by atoms with Gasteiger partial charge in [0.15, 0.2) is 17.6 Å². The minimum atomic E-state index is -1.39. The molecule has 0 saturated carbocycles. The number of fused-ring (bicyclic) bond motifs is 3. The lowest BCUT2D eigenvalue weighted by atomic mass is 9.81. The molecule has 0 amide bonds. The van der Waals surface area contributed by atoms with E-state index in [4.69, 9.17) is 28.4 Å². The second kappa shape index (κ2) is 12.1. The van der Waals surface area contributed by atoms with Crippen molar-refractivity contribution in [2.75, 3.05) is 33.6 Å². The highest BCUT2D eigenvalue weighted by Gasteiger charge is 2.55. The largest absolute Gasteiger partial charge is 0.497 e. The zero-order valence-corrected chi connectivity index (χ0v) is 24.1. The van der Waals surface area contributed by atoms with Crippen molar-refractivity contribution in [2.24, 2.45) is 0 Å². The van der Waals surface area contributed by atoms with Gasteiger partial charge in [0.25, 0.3) is 0 Å². The Morgan fingerprint density at radius 2 is 1.93 bits per heavy atom. The van der Waals surface area contributed by atoms with Gasteiger partial charge in [0.05, 0.1) is 13.5 Å². The molecule has 2 fully saturated rings. The van der Waals surface area contributed by atoms with Crippen LogP contribution < -0.4 is 14.2 Å². The van der Waals surface area contributed by atoms with E-state index in [1.54, 1.807) is 13.2 Å². The first-order valence-electron chi connectivity index (χ1n) is 14.6. The number of ether oxygens (including phenoxy) is 6. The number of carbonyl (C=O) groups is 2. The highest BCUT2D eigenvalue weighted by atomic mass is 16.7. The zero-order valence-electron chi connectivity index (χ0n) is 24.1. The second-order valence-corrected chi connectivity index (χ2v) is 11.1. The smallest absolute Gasteiger partial charge is 0.352 e. The highest BCUT2D eigenvalue weighted by Crippen LogP contribution is 2.46. The minimum absolute atomic E-state index is 0.0456. The van der Waals surface area contributed by atoms with Crippen LogP contribution in [-0.4, -0.2) is 68.2 Å². The number of benzene rings is 2. The molecule has 0 aromatic heterocycles. The van der Waals surface area contributed by atoms with Crippen LogP contribution in [0.1, 0.15) is 49.7 Å².